The fourth-order valence-corrected chi connectivity index (χ4v) is 2.74. The third kappa shape index (κ3) is 2.59. The maximum atomic E-state index is 11.3. The first-order chi connectivity index (χ1) is 9.24. The molecule has 2 aromatic rings. The van der Waals surface area contributed by atoms with E-state index in [1.54, 1.807) is 18.2 Å². The van der Waals surface area contributed by atoms with E-state index in [2.05, 4.69) is 10.3 Å². The van der Waals surface area contributed by atoms with Crippen LogP contribution in [0.5, 0.6) is 0 Å². The highest BCUT2D eigenvalue weighted by Gasteiger charge is 2.17. The molecule has 4 nitrogen and oxygen atoms in total. The van der Waals surface area contributed by atoms with Crippen molar-refractivity contribution >= 4 is 34.0 Å². The second-order valence-electron chi connectivity index (χ2n) is 4.92. The summed E-state index contributed by atoms with van der Waals surface area (Å²) in [6, 6.07) is 6.08. The van der Waals surface area contributed by atoms with Crippen LogP contribution in [0.25, 0.3) is 11.1 Å². The van der Waals surface area contributed by atoms with E-state index >= 15 is 0 Å². The molecule has 0 saturated heterocycles. The van der Waals surface area contributed by atoms with Crippen molar-refractivity contribution in [2.75, 3.05) is 5.32 Å². The van der Waals surface area contributed by atoms with Crippen molar-refractivity contribution in [1.82, 2.24) is 4.98 Å². The van der Waals surface area contributed by atoms with Crippen LogP contribution in [-0.2, 0) is 0 Å². The van der Waals surface area contributed by atoms with Crippen molar-refractivity contribution in [3.8, 4) is 0 Å². The van der Waals surface area contributed by atoms with Gasteiger partial charge in [0.25, 0.3) is 11.3 Å². The van der Waals surface area contributed by atoms with Crippen LogP contribution in [0.15, 0.2) is 22.6 Å². The van der Waals surface area contributed by atoms with Gasteiger partial charge in [-0.2, -0.15) is 4.98 Å². The molecule has 1 saturated carbocycles. The highest BCUT2D eigenvalue weighted by Crippen LogP contribution is 2.26. The lowest BCUT2D eigenvalue weighted by Gasteiger charge is -2.21. The average molecular weight is 279 g/mol. The molecule has 5 heteroatoms. The standard InChI is InChI=1S/C14H15ClN2O2/c15-13(18)10-7-4-8-11-12(10)17-14(19-11)16-9-5-2-1-3-6-9/h4,7-9H,1-3,5-6H2,(H,16,17). The monoisotopic (exact) mass is 278 g/mol. The zero-order chi connectivity index (χ0) is 13.2. The summed E-state index contributed by atoms with van der Waals surface area (Å²) in [5.41, 5.74) is 1.50. The van der Waals surface area contributed by atoms with E-state index in [9.17, 15) is 4.79 Å². The number of oxazole rings is 1. The third-order valence-corrected chi connectivity index (χ3v) is 3.77. The predicted molar refractivity (Wildman–Crippen MR) is 74.7 cm³/mol. The summed E-state index contributed by atoms with van der Waals surface area (Å²) >= 11 is 5.54. The topological polar surface area (TPSA) is 55.1 Å². The Bertz CT molecular complexity index is 603. The molecule has 1 heterocycles. The third-order valence-electron chi connectivity index (χ3n) is 3.56. The molecule has 1 aromatic carbocycles. The maximum absolute atomic E-state index is 11.3. The molecule has 19 heavy (non-hydrogen) atoms. The highest BCUT2D eigenvalue weighted by molar-refractivity contribution is 6.68. The van der Waals surface area contributed by atoms with Crippen LogP contribution in [0.1, 0.15) is 42.5 Å². The first-order valence-electron chi connectivity index (χ1n) is 6.60. The van der Waals surface area contributed by atoms with Gasteiger partial charge in [0.05, 0.1) is 5.56 Å². The molecule has 1 aliphatic rings. The Morgan fingerprint density at radius 2 is 2.11 bits per heavy atom. The van der Waals surface area contributed by atoms with Gasteiger partial charge in [0.1, 0.15) is 5.52 Å². The Morgan fingerprint density at radius 3 is 2.84 bits per heavy atom. The number of para-hydroxylation sites is 1. The summed E-state index contributed by atoms with van der Waals surface area (Å²) in [5.74, 6) is 0. The minimum Gasteiger partial charge on any atom is -0.424 e. The molecule has 0 bridgehead atoms. The fraction of sp³-hybridized carbons (Fsp3) is 0.429. The van der Waals surface area contributed by atoms with Gasteiger partial charge in [0, 0.05) is 6.04 Å². The van der Waals surface area contributed by atoms with Gasteiger partial charge in [-0.05, 0) is 36.6 Å². The highest BCUT2D eigenvalue weighted by atomic mass is 35.5. The van der Waals surface area contributed by atoms with Crippen LogP contribution in [0.4, 0.5) is 6.01 Å². The number of anilines is 1. The number of nitrogens with zero attached hydrogens (tertiary/aromatic N) is 1. The van der Waals surface area contributed by atoms with E-state index in [0.29, 0.717) is 28.7 Å². The number of nitrogens with one attached hydrogen (secondary N) is 1. The summed E-state index contributed by atoms with van der Waals surface area (Å²) in [5, 5.41) is 2.79. The Kier molecular flexibility index (Phi) is 3.42. The molecule has 0 spiro atoms. The molecule has 1 aliphatic carbocycles. The van der Waals surface area contributed by atoms with Crippen molar-refractivity contribution in [3.63, 3.8) is 0 Å². The molecule has 3 rings (SSSR count). The molecule has 1 fully saturated rings. The molecule has 0 atom stereocenters. The smallest absolute Gasteiger partial charge is 0.295 e. The van der Waals surface area contributed by atoms with Crippen LogP contribution >= 0.6 is 11.6 Å². The van der Waals surface area contributed by atoms with Crippen LogP contribution in [0, 0.1) is 0 Å². The molecule has 0 radical (unpaired) electrons. The van der Waals surface area contributed by atoms with E-state index in [1.807, 2.05) is 0 Å². The second-order valence-corrected chi connectivity index (χ2v) is 5.27. The number of hydrogen-bond acceptors (Lipinski definition) is 4. The van der Waals surface area contributed by atoms with E-state index in [-0.39, 0.29) is 0 Å². The molecule has 1 aromatic heterocycles. The van der Waals surface area contributed by atoms with Gasteiger partial charge in [0.15, 0.2) is 5.58 Å². The summed E-state index contributed by atoms with van der Waals surface area (Å²) in [4.78, 5) is 15.7. The first-order valence-corrected chi connectivity index (χ1v) is 6.98. The van der Waals surface area contributed by atoms with Gasteiger partial charge in [-0.3, -0.25) is 4.79 Å². The molecule has 0 aliphatic heterocycles. The molecule has 100 valence electrons. The Labute approximate surface area is 116 Å². The van der Waals surface area contributed by atoms with Gasteiger partial charge in [-0.25, -0.2) is 0 Å². The quantitative estimate of drug-likeness (QED) is 0.864. The van der Waals surface area contributed by atoms with Crippen molar-refractivity contribution in [2.45, 2.75) is 38.1 Å². The zero-order valence-corrected chi connectivity index (χ0v) is 11.2. The lowest BCUT2D eigenvalue weighted by molar-refractivity contribution is 0.108. The van der Waals surface area contributed by atoms with E-state index in [4.69, 9.17) is 16.0 Å². The number of rotatable bonds is 3. The predicted octanol–water partition coefficient (Wildman–Crippen LogP) is 3.95. The number of carbonyl (C=O) groups is 1. The van der Waals surface area contributed by atoms with E-state index < -0.39 is 5.24 Å². The number of aromatic nitrogens is 1. The van der Waals surface area contributed by atoms with Crippen molar-refractivity contribution in [3.05, 3.63) is 23.8 Å². The maximum Gasteiger partial charge on any atom is 0.295 e. The zero-order valence-electron chi connectivity index (χ0n) is 10.5. The minimum absolute atomic E-state index is 0.389. The molecular formula is C14H15ClN2O2. The van der Waals surface area contributed by atoms with E-state index in [0.717, 1.165) is 12.8 Å². The largest absolute Gasteiger partial charge is 0.424 e. The SMILES string of the molecule is O=C(Cl)c1cccc2oc(NC3CCCCC3)nc12. The van der Waals surface area contributed by atoms with Crippen LogP contribution in [-0.4, -0.2) is 16.3 Å². The number of carbonyl (C=O) groups excluding carboxylic acids is 1. The average Bonchev–Trinajstić information content (AvgIpc) is 2.81. The van der Waals surface area contributed by atoms with Crippen molar-refractivity contribution in [2.24, 2.45) is 0 Å². The number of hydrogen-bond donors (Lipinski definition) is 1. The second kappa shape index (κ2) is 5.21. The lowest BCUT2D eigenvalue weighted by Crippen LogP contribution is -2.22. The van der Waals surface area contributed by atoms with E-state index in [1.165, 1.54) is 19.3 Å². The molecule has 0 amide bonds. The lowest BCUT2D eigenvalue weighted by atomic mass is 9.96. The van der Waals surface area contributed by atoms with Crippen molar-refractivity contribution in [1.29, 1.82) is 0 Å². The van der Waals surface area contributed by atoms with Gasteiger partial charge >= 0.3 is 0 Å². The summed E-state index contributed by atoms with van der Waals surface area (Å²) < 4.78 is 5.63. The Morgan fingerprint density at radius 1 is 1.32 bits per heavy atom. The van der Waals surface area contributed by atoms with Crippen LogP contribution in [0.3, 0.4) is 0 Å². The Balaban J connectivity index is 1.88. The normalized spacial score (nSPS) is 16.7. The van der Waals surface area contributed by atoms with Gasteiger partial charge in [-0.15, -0.1) is 0 Å². The summed E-state index contributed by atoms with van der Waals surface area (Å²) in [6.45, 7) is 0. The molecule has 0 unspecified atom stereocenters. The molecule has 1 N–H and O–H groups in total. The van der Waals surface area contributed by atoms with Crippen LogP contribution in [0.2, 0.25) is 0 Å². The fourth-order valence-electron chi connectivity index (χ4n) is 2.59. The number of halogens is 1. The van der Waals surface area contributed by atoms with Crippen molar-refractivity contribution < 1.29 is 9.21 Å². The Hall–Kier alpha value is -1.55. The number of fused-ring (bicyclic) bond motifs is 1. The van der Waals surface area contributed by atoms with Crippen LogP contribution < -0.4 is 5.32 Å². The summed E-state index contributed by atoms with van der Waals surface area (Å²) in [7, 11) is 0. The van der Waals surface area contributed by atoms with Gasteiger partial charge in [0.2, 0.25) is 0 Å². The number of benzene rings is 1. The molecular weight excluding hydrogens is 264 g/mol. The van der Waals surface area contributed by atoms with Gasteiger partial charge < -0.3 is 9.73 Å². The first kappa shape index (κ1) is 12.5. The minimum atomic E-state index is -0.511. The van der Waals surface area contributed by atoms with Gasteiger partial charge in [-0.1, -0.05) is 25.3 Å². The summed E-state index contributed by atoms with van der Waals surface area (Å²) in [6.07, 6.45) is 6.06.